The van der Waals surface area contributed by atoms with Crippen LogP contribution in [0.25, 0.3) is 0 Å². The number of anilines is 1. The number of hydrogen-bond donors (Lipinski definition) is 2. The minimum Gasteiger partial charge on any atom is -0.356 e. The second-order valence-corrected chi connectivity index (χ2v) is 5.94. The average molecular weight is 317 g/mol. The zero-order chi connectivity index (χ0) is 15.8. The van der Waals surface area contributed by atoms with E-state index in [2.05, 4.69) is 50.3 Å². The topological polar surface area (TPSA) is 52.6 Å². The molecule has 1 aromatic heterocycles. The maximum Gasteiger partial charge on any atom is 0.191 e. The van der Waals surface area contributed by atoms with Gasteiger partial charge in [-0.2, -0.15) is 0 Å². The third-order valence-corrected chi connectivity index (χ3v) is 4.19. The second kappa shape index (κ2) is 8.38. The van der Waals surface area contributed by atoms with E-state index in [9.17, 15) is 0 Å². The average Bonchev–Trinajstić information content (AvgIpc) is 3.01. The molecule has 22 heavy (non-hydrogen) atoms. The van der Waals surface area contributed by atoms with Crippen LogP contribution >= 0.6 is 11.3 Å². The summed E-state index contributed by atoms with van der Waals surface area (Å²) in [6.45, 7) is 1.53. The number of aliphatic imine (C=N–C) groups is 1. The Morgan fingerprint density at radius 2 is 2.00 bits per heavy atom. The summed E-state index contributed by atoms with van der Waals surface area (Å²) < 4.78 is 0. The van der Waals surface area contributed by atoms with Crippen molar-refractivity contribution in [3.8, 4) is 0 Å². The van der Waals surface area contributed by atoms with Gasteiger partial charge in [-0.1, -0.05) is 30.3 Å². The lowest BCUT2D eigenvalue weighted by Crippen LogP contribution is -2.37. The Labute approximate surface area is 136 Å². The number of hydrogen-bond acceptors (Lipinski definition) is 4. The Kier molecular flexibility index (Phi) is 6.21. The molecule has 6 heteroatoms. The molecule has 2 aromatic rings. The van der Waals surface area contributed by atoms with E-state index in [1.165, 1.54) is 5.56 Å². The van der Waals surface area contributed by atoms with Crippen LogP contribution in [0.1, 0.15) is 11.3 Å². The van der Waals surface area contributed by atoms with E-state index >= 15 is 0 Å². The lowest BCUT2D eigenvalue weighted by molar-refractivity contribution is 0.786. The SMILES string of the molecule is CN=C(NCCc1ccccc1)NCc1csc(N(C)C)n1. The molecule has 118 valence electrons. The summed E-state index contributed by atoms with van der Waals surface area (Å²) >= 11 is 1.65. The molecule has 0 unspecified atom stereocenters. The normalized spacial score (nSPS) is 11.3. The Bertz CT molecular complexity index is 592. The third-order valence-electron chi connectivity index (χ3n) is 3.13. The van der Waals surface area contributed by atoms with Crippen molar-refractivity contribution in [3.05, 3.63) is 47.0 Å². The first-order valence-corrected chi connectivity index (χ1v) is 8.17. The van der Waals surface area contributed by atoms with Crippen LogP contribution in [0.2, 0.25) is 0 Å². The molecule has 0 fully saturated rings. The van der Waals surface area contributed by atoms with E-state index in [0.29, 0.717) is 6.54 Å². The minimum atomic E-state index is 0.676. The van der Waals surface area contributed by atoms with Crippen LogP contribution in [-0.2, 0) is 13.0 Å². The second-order valence-electron chi connectivity index (χ2n) is 5.10. The molecule has 0 aliphatic rings. The third kappa shape index (κ3) is 5.04. The van der Waals surface area contributed by atoms with Crippen LogP contribution in [0.15, 0.2) is 40.7 Å². The van der Waals surface area contributed by atoms with Crippen LogP contribution in [0.5, 0.6) is 0 Å². The summed E-state index contributed by atoms with van der Waals surface area (Å²) in [5.41, 5.74) is 2.35. The summed E-state index contributed by atoms with van der Waals surface area (Å²) in [6, 6.07) is 10.4. The van der Waals surface area contributed by atoms with E-state index < -0.39 is 0 Å². The largest absolute Gasteiger partial charge is 0.356 e. The molecule has 0 atom stereocenters. The van der Waals surface area contributed by atoms with Crippen LogP contribution in [0.4, 0.5) is 5.13 Å². The maximum absolute atomic E-state index is 4.54. The van der Waals surface area contributed by atoms with Crippen molar-refractivity contribution in [1.82, 2.24) is 15.6 Å². The fourth-order valence-corrected chi connectivity index (χ4v) is 2.71. The molecule has 0 aliphatic heterocycles. The maximum atomic E-state index is 4.54. The van der Waals surface area contributed by atoms with Gasteiger partial charge in [-0.15, -0.1) is 11.3 Å². The van der Waals surface area contributed by atoms with Crippen molar-refractivity contribution in [1.29, 1.82) is 0 Å². The predicted molar refractivity (Wildman–Crippen MR) is 94.8 cm³/mol. The molecular weight excluding hydrogens is 294 g/mol. The van der Waals surface area contributed by atoms with Crippen molar-refractivity contribution < 1.29 is 0 Å². The Morgan fingerprint density at radius 3 is 2.64 bits per heavy atom. The van der Waals surface area contributed by atoms with Gasteiger partial charge >= 0.3 is 0 Å². The van der Waals surface area contributed by atoms with Crippen molar-refractivity contribution >= 4 is 22.4 Å². The lowest BCUT2D eigenvalue weighted by atomic mass is 10.1. The molecule has 2 N–H and O–H groups in total. The van der Waals surface area contributed by atoms with Crippen molar-refractivity contribution in [2.75, 3.05) is 32.6 Å². The fraction of sp³-hybridized carbons (Fsp3) is 0.375. The molecule has 1 heterocycles. The van der Waals surface area contributed by atoms with Crippen molar-refractivity contribution in [2.45, 2.75) is 13.0 Å². The van der Waals surface area contributed by atoms with E-state index in [-0.39, 0.29) is 0 Å². The smallest absolute Gasteiger partial charge is 0.191 e. The molecule has 5 nitrogen and oxygen atoms in total. The van der Waals surface area contributed by atoms with Gasteiger partial charge in [0.05, 0.1) is 12.2 Å². The van der Waals surface area contributed by atoms with E-state index in [1.54, 1.807) is 18.4 Å². The molecule has 0 amide bonds. The number of benzene rings is 1. The van der Waals surface area contributed by atoms with Crippen LogP contribution in [-0.4, -0.2) is 38.6 Å². The molecule has 1 aromatic carbocycles. The molecule has 0 radical (unpaired) electrons. The highest BCUT2D eigenvalue weighted by molar-refractivity contribution is 7.13. The highest BCUT2D eigenvalue weighted by Crippen LogP contribution is 2.17. The van der Waals surface area contributed by atoms with Gasteiger partial charge in [0, 0.05) is 33.1 Å². The number of rotatable bonds is 6. The zero-order valence-electron chi connectivity index (χ0n) is 13.3. The van der Waals surface area contributed by atoms with Crippen molar-refractivity contribution in [2.24, 2.45) is 4.99 Å². The molecular formula is C16H23N5S. The van der Waals surface area contributed by atoms with Crippen LogP contribution in [0.3, 0.4) is 0 Å². The van der Waals surface area contributed by atoms with Gasteiger partial charge < -0.3 is 15.5 Å². The van der Waals surface area contributed by atoms with Gasteiger partial charge in [-0.25, -0.2) is 4.98 Å². The highest BCUT2D eigenvalue weighted by atomic mass is 32.1. The number of nitrogens with zero attached hydrogens (tertiary/aromatic N) is 3. The Balaban J connectivity index is 1.75. The summed E-state index contributed by atoms with van der Waals surface area (Å²) in [5, 5.41) is 9.70. The van der Waals surface area contributed by atoms with E-state index in [1.807, 2.05) is 25.1 Å². The fourth-order valence-electron chi connectivity index (χ4n) is 1.95. The Morgan fingerprint density at radius 1 is 1.23 bits per heavy atom. The predicted octanol–water partition coefficient (Wildman–Crippen LogP) is 2.12. The number of aromatic nitrogens is 1. The molecule has 2 rings (SSSR count). The number of thiazole rings is 1. The highest BCUT2D eigenvalue weighted by Gasteiger charge is 2.04. The van der Waals surface area contributed by atoms with Gasteiger partial charge in [0.2, 0.25) is 0 Å². The van der Waals surface area contributed by atoms with Gasteiger partial charge in [0.25, 0.3) is 0 Å². The first-order chi connectivity index (χ1) is 10.7. The van der Waals surface area contributed by atoms with Gasteiger partial charge in [0.15, 0.2) is 11.1 Å². The monoisotopic (exact) mass is 317 g/mol. The van der Waals surface area contributed by atoms with Gasteiger partial charge in [0.1, 0.15) is 0 Å². The molecule has 0 spiro atoms. The van der Waals surface area contributed by atoms with Crippen LogP contribution < -0.4 is 15.5 Å². The molecule has 0 aliphatic carbocycles. The standard InChI is InChI=1S/C16H23N5S/c1-17-15(18-10-9-13-7-5-4-6-8-13)19-11-14-12-22-16(20-14)21(2)3/h4-8,12H,9-11H2,1-3H3,(H2,17,18,19). The quantitative estimate of drug-likeness (QED) is 0.633. The summed E-state index contributed by atoms with van der Waals surface area (Å²) in [6.07, 6.45) is 0.975. The molecule has 0 bridgehead atoms. The van der Waals surface area contributed by atoms with Gasteiger partial charge in [-0.3, -0.25) is 4.99 Å². The first-order valence-electron chi connectivity index (χ1n) is 7.29. The lowest BCUT2D eigenvalue weighted by Gasteiger charge is -2.11. The van der Waals surface area contributed by atoms with Crippen molar-refractivity contribution in [3.63, 3.8) is 0 Å². The Hall–Kier alpha value is -2.08. The van der Waals surface area contributed by atoms with Gasteiger partial charge in [-0.05, 0) is 12.0 Å². The number of nitrogens with one attached hydrogen (secondary N) is 2. The van der Waals surface area contributed by atoms with E-state index in [0.717, 1.165) is 29.8 Å². The number of guanidine groups is 1. The zero-order valence-corrected chi connectivity index (χ0v) is 14.2. The molecule has 0 saturated carbocycles. The summed E-state index contributed by atoms with van der Waals surface area (Å²) in [4.78, 5) is 10.8. The van der Waals surface area contributed by atoms with E-state index in [4.69, 9.17) is 0 Å². The van der Waals surface area contributed by atoms with Crippen LogP contribution in [0, 0.1) is 0 Å². The summed E-state index contributed by atoms with van der Waals surface area (Å²) in [7, 11) is 5.78. The first kappa shape index (κ1) is 16.3. The summed E-state index contributed by atoms with van der Waals surface area (Å²) in [5.74, 6) is 0.801. The molecule has 0 saturated heterocycles. The minimum absolute atomic E-state index is 0.676.